The van der Waals surface area contributed by atoms with Crippen LogP contribution in [0.25, 0.3) is 11.1 Å². The molecule has 29 heavy (non-hydrogen) atoms. The number of carbonyl (C=O) groups excluding carboxylic acids is 2. The molecule has 0 bridgehead atoms. The first-order chi connectivity index (χ1) is 14.0. The van der Waals surface area contributed by atoms with Gasteiger partial charge >= 0.3 is 5.97 Å². The molecular weight excluding hydrogens is 374 g/mol. The van der Waals surface area contributed by atoms with Crippen molar-refractivity contribution in [2.24, 2.45) is 0 Å². The average Bonchev–Trinajstić information content (AvgIpc) is 2.99. The minimum absolute atomic E-state index is 0.0366. The van der Waals surface area contributed by atoms with Gasteiger partial charge in [-0.15, -0.1) is 0 Å². The van der Waals surface area contributed by atoms with Crippen LogP contribution in [0.4, 0.5) is 0 Å². The zero-order valence-corrected chi connectivity index (χ0v) is 17.1. The van der Waals surface area contributed by atoms with E-state index in [0.717, 1.165) is 16.7 Å². The van der Waals surface area contributed by atoms with E-state index in [1.54, 1.807) is 31.3 Å². The molecular formula is C22H25NO6. The molecule has 0 unspecified atom stereocenters. The van der Waals surface area contributed by atoms with Crippen molar-refractivity contribution in [2.75, 3.05) is 34.5 Å². The smallest absolute Gasteiger partial charge is 0.341 e. The Hall–Kier alpha value is -3.22. The predicted molar refractivity (Wildman–Crippen MR) is 108 cm³/mol. The molecule has 1 aliphatic heterocycles. The zero-order valence-electron chi connectivity index (χ0n) is 17.1. The second kappa shape index (κ2) is 8.86. The van der Waals surface area contributed by atoms with Gasteiger partial charge in [0.25, 0.3) is 0 Å². The molecule has 1 heterocycles. The van der Waals surface area contributed by atoms with Crippen LogP contribution in [0, 0.1) is 0 Å². The predicted octanol–water partition coefficient (Wildman–Crippen LogP) is 3.29. The Morgan fingerprint density at radius 1 is 1.00 bits per heavy atom. The fourth-order valence-corrected chi connectivity index (χ4v) is 3.36. The number of amides is 1. The number of benzene rings is 2. The Balaban J connectivity index is 2.16. The molecule has 0 saturated carbocycles. The minimum atomic E-state index is -0.492. The first kappa shape index (κ1) is 20.5. The van der Waals surface area contributed by atoms with Crippen LogP contribution in [0.3, 0.4) is 0 Å². The molecule has 1 aliphatic rings. The van der Waals surface area contributed by atoms with E-state index in [1.807, 2.05) is 25.1 Å². The van der Waals surface area contributed by atoms with E-state index in [2.05, 4.69) is 0 Å². The third-order valence-corrected chi connectivity index (χ3v) is 4.88. The maximum Gasteiger partial charge on any atom is 0.341 e. The van der Waals surface area contributed by atoms with Gasteiger partial charge < -0.3 is 23.8 Å². The number of methoxy groups -OCH3 is 3. The van der Waals surface area contributed by atoms with Crippen LogP contribution >= 0.6 is 0 Å². The highest BCUT2D eigenvalue weighted by atomic mass is 16.5. The lowest BCUT2D eigenvalue weighted by molar-refractivity contribution is -0.131. The standard InChI is InChI=1S/C22H25NO6/c1-5-20(24)23-6-7-29-21-16(13-23)8-14(11-19(21)22(25)28-4)15-9-17(26-2)12-18(10-15)27-3/h8-12H,5-7,13H2,1-4H3. The molecule has 0 spiro atoms. The van der Waals surface area contributed by atoms with Crippen LogP contribution < -0.4 is 14.2 Å². The largest absolute Gasteiger partial charge is 0.497 e. The Kier molecular flexibility index (Phi) is 6.26. The Labute approximate surface area is 170 Å². The van der Waals surface area contributed by atoms with Crippen molar-refractivity contribution in [1.82, 2.24) is 4.90 Å². The third kappa shape index (κ3) is 4.29. The minimum Gasteiger partial charge on any atom is -0.497 e. The molecule has 0 fully saturated rings. The van der Waals surface area contributed by atoms with E-state index in [1.165, 1.54) is 7.11 Å². The summed E-state index contributed by atoms with van der Waals surface area (Å²) in [6.07, 6.45) is 0.409. The Bertz CT molecular complexity index is 902. The number of esters is 1. The molecule has 1 amide bonds. The summed E-state index contributed by atoms with van der Waals surface area (Å²) in [6.45, 7) is 2.97. The Morgan fingerprint density at radius 3 is 2.24 bits per heavy atom. The van der Waals surface area contributed by atoms with E-state index >= 15 is 0 Å². The summed E-state index contributed by atoms with van der Waals surface area (Å²) in [6, 6.07) is 9.15. The molecule has 2 aromatic carbocycles. The number of rotatable bonds is 5. The summed E-state index contributed by atoms with van der Waals surface area (Å²) in [5.74, 6) is 1.27. The fourth-order valence-electron chi connectivity index (χ4n) is 3.36. The van der Waals surface area contributed by atoms with Crippen LogP contribution in [0.2, 0.25) is 0 Å². The number of fused-ring (bicyclic) bond motifs is 1. The summed E-state index contributed by atoms with van der Waals surface area (Å²) in [7, 11) is 4.49. The Morgan fingerprint density at radius 2 is 1.66 bits per heavy atom. The van der Waals surface area contributed by atoms with Crippen LogP contribution in [0.5, 0.6) is 17.2 Å². The van der Waals surface area contributed by atoms with E-state index in [9.17, 15) is 9.59 Å². The number of nitrogens with zero attached hydrogens (tertiary/aromatic N) is 1. The molecule has 0 radical (unpaired) electrons. The van der Waals surface area contributed by atoms with Crippen molar-refractivity contribution in [3.05, 3.63) is 41.5 Å². The molecule has 0 aliphatic carbocycles. The first-order valence-corrected chi connectivity index (χ1v) is 9.40. The van der Waals surface area contributed by atoms with Crippen LogP contribution in [0.15, 0.2) is 30.3 Å². The van der Waals surface area contributed by atoms with Gasteiger partial charge in [-0.25, -0.2) is 4.79 Å². The highest BCUT2D eigenvalue weighted by Gasteiger charge is 2.25. The highest BCUT2D eigenvalue weighted by molar-refractivity contribution is 5.95. The van der Waals surface area contributed by atoms with Crippen molar-refractivity contribution >= 4 is 11.9 Å². The SMILES string of the molecule is CCC(=O)N1CCOc2c(cc(-c3cc(OC)cc(OC)c3)cc2C(=O)OC)C1. The lowest BCUT2D eigenvalue weighted by atomic mass is 9.97. The van der Waals surface area contributed by atoms with Gasteiger partial charge in [0.15, 0.2) is 0 Å². The number of carbonyl (C=O) groups is 2. The number of ether oxygens (including phenoxy) is 4. The number of hydrogen-bond acceptors (Lipinski definition) is 6. The summed E-state index contributed by atoms with van der Waals surface area (Å²) < 4.78 is 21.6. The zero-order chi connectivity index (χ0) is 21.0. The molecule has 7 heteroatoms. The summed E-state index contributed by atoms with van der Waals surface area (Å²) in [4.78, 5) is 26.5. The summed E-state index contributed by atoms with van der Waals surface area (Å²) in [5.41, 5.74) is 2.67. The molecule has 0 aromatic heterocycles. The van der Waals surface area contributed by atoms with Crippen LogP contribution in [-0.2, 0) is 16.1 Å². The fraction of sp³-hybridized carbons (Fsp3) is 0.364. The van der Waals surface area contributed by atoms with Gasteiger partial charge in [-0.05, 0) is 35.4 Å². The monoisotopic (exact) mass is 399 g/mol. The molecule has 3 rings (SSSR count). The summed E-state index contributed by atoms with van der Waals surface area (Å²) >= 11 is 0. The lowest BCUT2D eigenvalue weighted by Crippen LogP contribution is -2.31. The number of hydrogen-bond donors (Lipinski definition) is 0. The third-order valence-electron chi connectivity index (χ3n) is 4.88. The van der Waals surface area contributed by atoms with Crippen LogP contribution in [-0.4, -0.2) is 51.3 Å². The van der Waals surface area contributed by atoms with Crippen molar-refractivity contribution < 1.29 is 28.5 Å². The van der Waals surface area contributed by atoms with Gasteiger partial charge in [-0.2, -0.15) is 0 Å². The lowest BCUT2D eigenvalue weighted by Gasteiger charge is -2.19. The van der Waals surface area contributed by atoms with E-state index in [-0.39, 0.29) is 5.91 Å². The van der Waals surface area contributed by atoms with Gasteiger partial charge in [0.05, 0.1) is 27.9 Å². The van der Waals surface area contributed by atoms with E-state index in [0.29, 0.717) is 48.9 Å². The van der Waals surface area contributed by atoms with Crippen molar-refractivity contribution in [2.45, 2.75) is 19.9 Å². The van der Waals surface area contributed by atoms with Gasteiger partial charge in [-0.3, -0.25) is 4.79 Å². The normalized spacial score (nSPS) is 13.0. The molecule has 0 atom stereocenters. The van der Waals surface area contributed by atoms with E-state index < -0.39 is 5.97 Å². The maximum atomic E-state index is 12.5. The first-order valence-electron chi connectivity index (χ1n) is 9.40. The molecule has 0 N–H and O–H groups in total. The molecule has 0 saturated heterocycles. The van der Waals surface area contributed by atoms with Gasteiger partial charge in [0, 0.05) is 24.6 Å². The molecule has 2 aromatic rings. The topological polar surface area (TPSA) is 74.3 Å². The van der Waals surface area contributed by atoms with E-state index in [4.69, 9.17) is 18.9 Å². The van der Waals surface area contributed by atoms with Gasteiger partial charge in [-0.1, -0.05) is 6.92 Å². The quantitative estimate of drug-likeness (QED) is 0.719. The van der Waals surface area contributed by atoms with Crippen molar-refractivity contribution in [1.29, 1.82) is 0 Å². The van der Waals surface area contributed by atoms with Crippen LogP contribution in [0.1, 0.15) is 29.3 Å². The van der Waals surface area contributed by atoms with Gasteiger partial charge in [0.1, 0.15) is 29.4 Å². The molecule has 154 valence electrons. The molecule has 7 nitrogen and oxygen atoms in total. The highest BCUT2D eigenvalue weighted by Crippen LogP contribution is 2.36. The maximum absolute atomic E-state index is 12.5. The second-order valence-corrected chi connectivity index (χ2v) is 6.62. The second-order valence-electron chi connectivity index (χ2n) is 6.62. The summed E-state index contributed by atoms with van der Waals surface area (Å²) in [5, 5.41) is 0. The average molecular weight is 399 g/mol. The van der Waals surface area contributed by atoms with Crippen molar-refractivity contribution in [3.8, 4) is 28.4 Å². The van der Waals surface area contributed by atoms with Gasteiger partial charge in [0.2, 0.25) is 5.91 Å². The van der Waals surface area contributed by atoms with Crippen molar-refractivity contribution in [3.63, 3.8) is 0 Å².